The minimum Gasteiger partial charge on any atom is -0.369 e. The molecule has 1 amide bonds. The summed E-state index contributed by atoms with van der Waals surface area (Å²) in [5.74, 6) is 0.00411. The quantitative estimate of drug-likeness (QED) is 0.766. The third kappa shape index (κ3) is 4.74. The second kappa shape index (κ2) is 7.21. The predicted octanol–water partition coefficient (Wildman–Crippen LogP) is 0.342. The zero-order chi connectivity index (χ0) is 14.5. The van der Waals surface area contributed by atoms with Crippen molar-refractivity contribution in [2.75, 3.05) is 25.4 Å². The van der Waals surface area contributed by atoms with E-state index in [0.29, 0.717) is 32.5 Å². The first-order valence-corrected chi connectivity index (χ1v) is 8.41. The molecule has 0 saturated carbocycles. The summed E-state index contributed by atoms with van der Waals surface area (Å²) < 4.78 is 30.1. The van der Waals surface area contributed by atoms with Crippen molar-refractivity contribution in [1.82, 2.24) is 9.62 Å². The Morgan fingerprint density at radius 2 is 1.95 bits per heavy atom. The van der Waals surface area contributed by atoms with Crippen LogP contribution >= 0.6 is 0 Å². The molecule has 1 fully saturated rings. The highest BCUT2D eigenvalue weighted by Gasteiger charge is 2.28. The number of nitrogens with zero attached hydrogens (tertiary/aromatic N) is 1. The van der Waals surface area contributed by atoms with Crippen molar-refractivity contribution in [3.63, 3.8) is 0 Å². The van der Waals surface area contributed by atoms with E-state index in [-0.39, 0.29) is 17.7 Å². The molecule has 1 aliphatic heterocycles. The number of amides is 1. The molecule has 0 bridgehead atoms. The standard InChI is InChI=1S/C12H24N2O4S/c1-4-18-10(3)12(15)13-11-6-8-14(9-7-11)19(16,17)5-2/h10-11H,4-9H2,1-3H3,(H,13,15)/t10-/m1/s1. The lowest BCUT2D eigenvalue weighted by Gasteiger charge is -2.31. The van der Waals surface area contributed by atoms with Gasteiger partial charge in [-0.1, -0.05) is 0 Å². The van der Waals surface area contributed by atoms with Gasteiger partial charge in [-0.25, -0.2) is 12.7 Å². The fourth-order valence-corrected chi connectivity index (χ4v) is 3.24. The number of piperidine rings is 1. The van der Waals surface area contributed by atoms with Crippen molar-refractivity contribution in [2.24, 2.45) is 0 Å². The topological polar surface area (TPSA) is 75.7 Å². The number of hydrogen-bond acceptors (Lipinski definition) is 4. The maximum absolute atomic E-state index is 11.8. The minimum atomic E-state index is -3.10. The number of hydrogen-bond donors (Lipinski definition) is 1. The Morgan fingerprint density at radius 3 is 2.42 bits per heavy atom. The lowest BCUT2D eigenvalue weighted by molar-refractivity contribution is -0.132. The number of carbonyl (C=O) groups excluding carboxylic acids is 1. The lowest BCUT2D eigenvalue weighted by atomic mass is 10.1. The Hall–Kier alpha value is -0.660. The highest BCUT2D eigenvalue weighted by Crippen LogP contribution is 2.14. The molecule has 1 N–H and O–H groups in total. The Bertz CT molecular complexity index is 389. The Labute approximate surface area is 115 Å². The van der Waals surface area contributed by atoms with Gasteiger partial charge in [0.05, 0.1) is 5.75 Å². The molecule has 1 heterocycles. The third-order valence-corrected chi connectivity index (χ3v) is 5.23. The molecule has 0 aliphatic carbocycles. The first-order chi connectivity index (χ1) is 8.90. The summed E-state index contributed by atoms with van der Waals surface area (Å²) >= 11 is 0. The lowest BCUT2D eigenvalue weighted by Crippen LogP contribution is -2.49. The van der Waals surface area contributed by atoms with E-state index in [4.69, 9.17) is 4.74 Å². The molecule has 0 unspecified atom stereocenters. The summed E-state index contributed by atoms with van der Waals surface area (Å²) in [6, 6.07) is 0.0405. The van der Waals surface area contributed by atoms with Crippen LogP contribution in [0.4, 0.5) is 0 Å². The van der Waals surface area contributed by atoms with E-state index >= 15 is 0 Å². The van der Waals surface area contributed by atoms with Crippen LogP contribution in [-0.4, -0.2) is 56.2 Å². The van der Waals surface area contributed by atoms with Crippen LogP contribution in [0, 0.1) is 0 Å². The zero-order valence-corrected chi connectivity index (χ0v) is 12.7. The molecule has 0 aromatic carbocycles. The maximum atomic E-state index is 11.8. The van der Waals surface area contributed by atoms with Crippen LogP contribution in [-0.2, 0) is 19.6 Å². The third-order valence-electron chi connectivity index (χ3n) is 3.34. The van der Waals surface area contributed by atoms with E-state index in [1.54, 1.807) is 13.8 Å². The van der Waals surface area contributed by atoms with Gasteiger partial charge in [-0.2, -0.15) is 0 Å². The Balaban J connectivity index is 2.41. The summed E-state index contributed by atoms with van der Waals surface area (Å²) in [6.45, 7) is 6.66. The van der Waals surface area contributed by atoms with Crippen LogP contribution in [0.5, 0.6) is 0 Å². The molecule has 0 radical (unpaired) electrons. The molecule has 1 rings (SSSR count). The summed E-state index contributed by atoms with van der Waals surface area (Å²) in [6.07, 6.45) is 0.857. The van der Waals surface area contributed by atoms with Crippen LogP contribution in [0.2, 0.25) is 0 Å². The fraction of sp³-hybridized carbons (Fsp3) is 0.917. The van der Waals surface area contributed by atoms with Gasteiger partial charge in [-0.15, -0.1) is 0 Å². The molecule has 0 aromatic rings. The molecule has 6 nitrogen and oxygen atoms in total. The average molecular weight is 292 g/mol. The molecule has 1 atom stereocenters. The number of carbonyl (C=O) groups is 1. The predicted molar refractivity (Wildman–Crippen MR) is 73.3 cm³/mol. The summed E-state index contributed by atoms with van der Waals surface area (Å²) in [7, 11) is -3.10. The molecule has 0 aromatic heterocycles. The maximum Gasteiger partial charge on any atom is 0.249 e. The Morgan fingerprint density at radius 1 is 1.37 bits per heavy atom. The summed E-state index contributed by atoms with van der Waals surface area (Å²) in [5.41, 5.74) is 0. The minimum absolute atomic E-state index is 0.0405. The van der Waals surface area contributed by atoms with Gasteiger partial charge in [-0.05, 0) is 33.6 Å². The monoisotopic (exact) mass is 292 g/mol. The van der Waals surface area contributed by atoms with E-state index in [1.807, 2.05) is 6.92 Å². The van der Waals surface area contributed by atoms with Crippen molar-refractivity contribution in [1.29, 1.82) is 0 Å². The van der Waals surface area contributed by atoms with Gasteiger partial charge in [0.2, 0.25) is 15.9 Å². The number of rotatable bonds is 6. The van der Waals surface area contributed by atoms with E-state index in [1.165, 1.54) is 4.31 Å². The fourth-order valence-electron chi connectivity index (χ4n) is 2.11. The van der Waals surface area contributed by atoms with Gasteiger partial charge in [0, 0.05) is 25.7 Å². The molecule has 1 saturated heterocycles. The van der Waals surface area contributed by atoms with Crippen LogP contribution in [0.3, 0.4) is 0 Å². The van der Waals surface area contributed by atoms with Gasteiger partial charge in [-0.3, -0.25) is 4.79 Å². The van der Waals surface area contributed by atoms with Gasteiger partial charge in [0.15, 0.2) is 0 Å². The second-order valence-corrected chi connectivity index (χ2v) is 6.94. The van der Waals surface area contributed by atoms with Crippen LogP contribution in [0.15, 0.2) is 0 Å². The van der Waals surface area contributed by atoms with Gasteiger partial charge in [0.25, 0.3) is 0 Å². The average Bonchev–Trinajstić information content (AvgIpc) is 2.39. The molecule has 112 valence electrons. The van der Waals surface area contributed by atoms with Crippen molar-refractivity contribution in [3.8, 4) is 0 Å². The molecule has 1 aliphatic rings. The van der Waals surface area contributed by atoms with Crippen LogP contribution in [0.25, 0.3) is 0 Å². The SMILES string of the molecule is CCO[C@H](C)C(=O)NC1CCN(S(=O)(=O)CC)CC1. The smallest absolute Gasteiger partial charge is 0.249 e. The number of ether oxygens (including phenoxy) is 1. The van der Waals surface area contributed by atoms with Crippen LogP contribution in [0.1, 0.15) is 33.6 Å². The zero-order valence-electron chi connectivity index (χ0n) is 11.9. The largest absolute Gasteiger partial charge is 0.369 e. The normalized spacial score (nSPS) is 20.2. The first-order valence-electron chi connectivity index (χ1n) is 6.80. The van der Waals surface area contributed by atoms with E-state index in [9.17, 15) is 13.2 Å². The second-order valence-electron chi connectivity index (χ2n) is 4.68. The van der Waals surface area contributed by atoms with Crippen molar-refractivity contribution in [3.05, 3.63) is 0 Å². The van der Waals surface area contributed by atoms with Crippen molar-refractivity contribution < 1.29 is 17.9 Å². The highest BCUT2D eigenvalue weighted by atomic mass is 32.2. The number of nitrogens with one attached hydrogen (secondary N) is 1. The molecular weight excluding hydrogens is 268 g/mol. The van der Waals surface area contributed by atoms with Gasteiger partial charge >= 0.3 is 0 Å². The van der Waals surface area contributed by atoms with E-state index < -0.39 is 16.1 Å². The highest BCUT2D eigenvalue weighted by molar-refractivity contribution is 7.89. The molecule has 7 heteroatoms. The summed E-state index contributed by atoms with van der Waals surface area (Å²) in [5, 5.41) is 2.91. The van der Waals surface area contributed by atoms with E-state index in [2.05, 4.69) is 5.32 Å². The molecule has 0 spiro atoms. The van der Waals surface area contributed by atoms with Crippen LogP contribution < -0.4 is 5.32 Å². The summed E-state index contributed by atoms with van der Waals surface area (Å²) in [4.78, 5) is 11.8. The van der Waals surface area contributed by atoms with Gasteiger partial charge < -0.3 is 10.1 Å². The molecule has 19 heavy (non-hydrogen) atoms. The van der Waals surface area contributed by atoms with Gasteiger partial charge in [0.1, 0.15) is 6.10 Å². The first kappa shape index (κ1) is 16.4. The van der Waals surface area contributed by atoms with Crippen molar-refractivity contribution in [2.45, 2.75) is 45.8 Å². The van der Waals surface area contributed by atoms with Crippen molar-refractivity contribution >= 4 is 15.9 Å². The Kier molecular flexibility index (Phi) is 6.22. The molecular formula is C12H24N2O4S. The van der Waals surface area contributed by atoms with E-state index in [0.717, 1.165) is 0 Å². The number of sulfonamides is 1.